The van der Waals surface area contributed by atoms with Gasteiger partial charge in [0.1, 0.15) is 11.5 Å². The first-order chi connectivity index (χ1) is 25.7. The Kier molecular flexibility index (Phi) is 18.2. The summed E-state index contributed by atoms with van der Waals surface area (Å²) in [5, 5.41) is 22.4. The van der Waals surface area contributed by atoms with Crippen molar-refractivity contribution in [2.45, 2.75) is 63.9 Å². The molecule has 6 aromatic carbocycles. The number of hydrogen-bond donors (Lipinski definition) is 2. The molecule has 0 saturated heterocycles. The van der Waals surface area contributed by atoms with Crippen molar-refractivity contribution in [2.75, 3.05) is 11.5 Å². The molecular weight excluding hydrogens is 745 g/mol. The van der Waals surface area contributed by atoms with E-state index in [1.807, 2.05) is 121 Å². The van der Waals surface area contributed by atoms with Crippen LogP contribution in [0.4, 0.5) is 0 Å². The molecule has 0 unspecified atom stereocenters. The van der Waals surface area contributed by atoms with Crippen molar-refractivity contribution < 1.29 is 31.9 Å². The molecule has 0 saturated carbocycles. The van der Waals surface area contributed by atoms with Gasteiger partial charge in [-0.1, -0.05) is 126 Å². The minimum absolute atomic E-state index is 0. The summed E-state index contributed by atoms with van der Waals surface area (Å²) in [5.41, 5.74) is 10.5. The minimum Gasteiger partial charge on any atom is -0.507 e. The largest absolute Gasteiger partial charge is 2.00 e. The number of hydrogen-bond acceptors (Lipinski definition) is 4. The molecule has 2 N–H and O–H groups in total. The Morgan fingerprint density at radius 1 is 0.455 bits per heavy atom. The van der Waals surface area contributed by atoms with Gasteiger partial charge in [-0.15, -0.1) is 24.3 Å². The number of aromatic hydroxyl groups is 2. The zero-order valence-corrected chi connectivity index (χ0v) is 36.5. The summed E-state index contributed by atoms with van der Waals surface area (Å²) < 4.78 is 0. The van der Waals surface area contributed by atoms with Gasteiger partial charge in [-0.3, -0.25) is 0 Å². The predicted octanol–water partition coefficient (Wildman–Crippen LogP) is 13.9. The van der Waals surface area contributed by atoms with Crippen LogP contribution < -0.4 is 0 Å². The maximum atomic E-state index is 11.2. The van der Waals surface area contributed by atoms with Gasteiger partial charge in [-0.2, -0.15) is 72.8 Å². The fourth-order valence-corrected chi connectivity index (χ4v) is 7.70. The second kappa shape index (κ2) is 22.0. The first kappa shape index (κ1) is 45.5. The maximum absolute atomic E-state index is 11.2. The van der Waals surface area contributed by atoms with Gasteiger partial charge in [0.25, 0.3) is 0 Å². The van der Waals surface area contributed by atoms with Gasteiger partial charge in [0, 0.05) is 45.3 Å². The molecule has 0 aliphatic heterocycles. The van der Waals surface area contributed by atoms with E-state index in [-0.39, 0.29) is 32.5 Å². The summed E-state index contributed by atoms with van der Waals surface area (Å²) in [7, 11) is 0. The topological polar surface area (TPSA) is 40.5 Å². The van der Waals surface area contributed by atoms with Crippen LogP contribution in [0.1, 0.15) is 74.9 Å². The van der Waals surface area contributed by atoms with Crippen LogP contribution in [0.15, 0.2) is 146 Å². The molecule has 284 valence electrons. The van der Waals surface area contributed by atoms with Gasteiger partial charge in [-0.25, -0.2) is 0 Å². The molecule has 55 heavy (non-hydrogen) atoms. The van der Waals surface area contributed by atoms with Crippen LogP contribution in [0.2, 0.25) is 0 Å². The van der Waals surface area contributed by atoms with Crippen molar-refractivity contribution in [2.24, 2.45) is 0 Å². The molecule has 0 amide bonds. The molecule has 6 rings (SSSR count). The standard InChI is InChI=1S/C36H42O2S2.2C7H7.Ti/c1-35(2,3)29-19-27(33(37)31(21-29)25-13-9-7-10-14-25)23-39-17-18-40-24-28-20-30(36(4,5)6)22-32(34(28)38)26-15-11-8-12-16-26;2*1-7-5-3-2-4-6-7;/h7-16,19-22,37-38H,17-18,23-24H2,1-6H3;2*2-6H,1H2;/q;2*-1;+2. The van der Waals surface area contributed by atoms with Crippen LogP contribution in [0.25, 0.3) is 22.3 Å². The summed E-state index contributed by atoms with van der Waals surface area (Å²) in [6.45, 7) is 20.7. The van der Waals surface area contributed by atoms with Crippen molar-refractivity contribution in [3.05, 3.63) is 193 Å². The molecule has 6 aromatic rings. The third-order valence-corrected chi connectivity index (χ3v) is 11.1. The van der Waals surface area contributed by atoms with E-state index in [9.17, 15) is 10.2 Å². The summed E-state index contributed by atoms with van der Waals surface area (Å²) >= 11 is 3.69. The molecule has 0 aliphatic carbocycles. The van der Waals surface area contributed by atoms with Crippen molar-refractivity contribution in [1.82, 2.24) is 0 Å². The molecule has 5 heteroatoms. The average molecular weight is 801 g/mol. The third-order valence-electron chi connectivity index (χ3n) is 8.85. The Morgan fingerprint density at radius 2 is 0.745 bits per heavy atom. The number of phenolic OH excluding ortho intramolecular Hbond substituents is 2. The van der Waals surface area contributed by atoms with Gasteiger partial charge in [0.05, 0.1) is 0 Å². The summed E-state index contributed by atoms with van der Waals surface area (Å²) in [4.78, 5) is 0. The van der Waals surface area contributed by atoms with Gasteiger partial charge in [0.15, 0.2) is 0 Å². The van der Waals surface area contributed by atoms with Crippen LogP contribution in [-0.2, 0) is 44.1 Å². The monoisotopic (exact) mass is 800 g/mol. The van der Waals surface area contributed by atoms with E-state index in [4.69, 9.17) is 0 Å². The number of phenols is 2. The first-order valence-electron chi connectivity index (χ1n) is 18.5. The number of rotatable bonds is 9. The zero-order valence-electron chi connectivity index (χ0n) is 33.3. The van der Waals surface area contributed by atoms with E-state index in [0.29, 0.717) is 11.5 Å². The van der Waals surface area contributed by atoms with Gasteiger partial charge in [0.2, 0.25) is 0 Å². The Morgan fingerprint density at radius 3 is 1.00 bits per heavy atom. The second-order valence-corrected chi connectivity index (χ2v) is 17.6. The van der Waals surface area contributed by atoms with Gasteiger partial charge >= 0.3 is 21.7 Å². The van der Waals surface area contributed by atoms with Crippen molar-refractivity contribution in [1.29, 1.82) is 0 Å². The van der Waals surface area contributed by atoms with Crippen LogP contribution >= 0.6 is 23.5 Å². The van der Waals surface area contributed by atoms with Gasteiger partial charge < -0.3 is 10.2 Å². The smallest absolute Gasteiger partial charge is 0.507 e. The molecule has 0 heterocycles. The van der Waals surface area contributed by atoms with Crippen molar-refractivity contribution in [3.8, 4) is 33.8 Å². The van der Waals surface area contributed by atoms with Gasteiger partial charge in [-0.05, 0) is 45.2 Å². The van der Waals surface area contributed by atoms with E-state index in [0.717, 1.165) is 67.5 Å². The SMILES string of the molecule is CC(C)(C)c1cc(CSCCSCc2cc(C(C)(C)C)cc(-c3ccccc3)c2O)c(O)c(-c2ccccc2)c1.[CH2-]c1ccccc1.[CH2-]c1ccccc1.[Ti+2]. The predicted molar refractivity (Wildman–Crippen MR) is 239 cm³/mol. The van der Waals surface area contributed by atoms with Crippen LogP contribution in [0, 0.1) is 13.8 Å². The first-order valence-corrected chi connectivity index (χ1v) is 20.8. The Bertz CT molecular complexity index is 1850. The molecule has 0 aliphatic rings. The van der Waals surface area contributed by atoms with Crippen LogP contribution in [-0.4, -0.2) is 21.7 Å². The van der Waals surface area contributed by atoms with Crippen molar-refractivity contribution >= 4 is 23.5 Å². The van der Waals surface area contributed by atoms with Crippen LogP contribution in [0.3, 0.4) is 0 Å². The Balaban J connectivity index is 0.000000450. The summed E-state index contributed by atoms with van der Waals surface area (Å²) in [5.74, 6) is 4.23. The molecule has 0 fully saturated rings. The summed E-state index contributed by atoms with van der Waals surface area (Å²) in [6.07, 6.45) is 0. The van der Waals surface area contributed by atoms with E-state index in [1.54, 1.807) is 0 Å². The third kappa shape index (κ3) is 14.6. The van der Waals surface area contributed by atoms with E-state index in [1.165, 1.54) is 11.1 Å². The molecule has 0 bridgehead atoms. The number of benzene rings is 6. The quantitative estimate of drug-likeness (QED) is 0.0868. The Labute approximate surface area is 355 Å². The van der Waals surface area contributed by atoms with E-state index >= 15 is 0 Å². The minimum atomic E-state index is -0.00526. The molecule has 0 aromatic heterocycles. The average Bonchev–Trinajstić information content (AvgIpc) is 3.15. The molecule has 0 radical (unpaired) electrons. The second-order valence-electron chi connectivity index (χ2n) is 15.4. The van der Waals surface area contributed by atoms with Crippen molar-refractivity contribution in [3.63, 3.8) is 0 Å². The fourth-order valence-electron chi connectivity index (χ4n) is 5.59. The molecule has 0 atom stereocenters. The van der Waals surface area contributed by atoms with Crippen LogP contribution in [0.5, 0.6) is 11.5 Å². The normalized spacial score (nSPS) is 10.9. The fraction of sp³-hybridized carbons (Fsp3) is 0.240. The summed E-state index contributed by atoms with van der Waals surface area (Å²) in [6, 6.07) is 48.7. The zero-order chi connectivity index (χ0) is 39.1. The van der Waals surface area contributed by atoms with E-state index < -0.39 is 0 Å². The van der Waals surface area contributed by atoms with E-state index in [2.05, 4.69) is 104 Å². The number of thioether (sulfide) groups is 2. The maximum Gasteiger partial charge on any atom is 2.00 e. The molecule has 0 spiro atoms. The Hall–Kier alpha value is -3.93. The molecular formula is C50H56O2S2Ti. The molecule has 2 nitrogen and oxygen atoms in total.